The fraction of sp³-hybridized carbons (Fsp3) is 0.565. The monoisotopic (exact) mass is 519 g/mol. The van der Waals surface area contributed by atoms with E-state index in [4.69, 9.17) is 21.1 Å². The summed E-state index contributed by atoms with van der Waals surface area (Å²) in [5, 5.41) is 7.10. The van der Waals surface area contributed by atoms with E-state index < -0.39 is 17.6 Å². The van der Waals surface area contributed by atoms with Gasteiger partial charge in [-0.05, 0) is 62.8 Å². The van der Waals surface area contributed by atoms with Gasteiger partial charge in [0.25, 0.3) is 5.56 Å². The van der Waals surface area contributed by atoms with Gasteiger partial charge in [0.1, 0.15) is 16.5 Å². The van der Waals surface area contributed by atoms with Crippen LogP contribution in [0.4, 0.5) is 23.2 Å². The summed E-state index contributed by atoms with van der Waals surface area (Å²) in [7, 11) is 0. The van der Waals surface area contributed by atoms with Crippen molar-refractivity contribution < 1.29 is 31.8 Å². The fourth-order valence-electron chi connectivity index (χ4n) is 4.36. The lowest BCUT2D eigenvalue weighted by atomic mass is 9.93. The smallest absolute Gasteiger partial charge is 0.490 e. The van der Waals surface area contributed by atoms with E-state index in [2.05, 4.69) is 15.2 Å². The van der Waals surface area contributed by atoms with Gasteiger partial charge in [0.05, 0.1) is 37.2 Å². The van der Waals surface area contributed by atoms with E-state index in [0.717, 1.165) is 0 Å². The van der Waals surface area contributed by atoms with Crippen LogP contribution in [0.25, 0.3) is 0 Å². The van der Waals surface area contributed by atoms with Crippen LogP contribution in [0.15, 0.2) is 35.3 Å². The number of halogens is 5. The molecular weight excluding hydrogens is 494 g/mol. The summed E-state index contributed by atoms with van der Waals surface area (Å²) in [5.41, 5.74) is -1.68. The number of hydrogen-bond acceptors (Lipinski definition) is 6. The van der Waals surface area contributed by atoms with E-state index in [0.29, 0.717) is 50.9 Å². The second-order valence-electron chi connectivity index (χ2n) is 8.85. The Morgan fingerprint density at radius 1 is 1.17 bits per heavy atom. The molecule has 1 N–H and O–H groups in total. The Hall–Kier alpha value is -2.53. The van der Waals surface area contributed by atoms with Crippen LogP contribution in [-0.2, 0) is 4.74 Å². The molecule has 0 bridgehead atoms. The quantitative estimate of drug-likeness (QED) is 0.501. The molecule has 0 amide bonds. The largest absolute Gasteiger partial charge is 0.573 e. The molecule has 1 aromatic carbocycles. The molecule has 192 valence electrons. The molecule has 2 aromatic rings. The molecule has 1 saturated heterocycles. The second kappa shape index (κ2) is 10.6. The van der Waals surface area contributed by atoms with E-state index in [1.807, 2.05) is 0 Å². The van der Waals surface area contributed by atoms with Gasteiger partial charge >= 0.3 is 6.36 Å². The highest BCUT2D eigenvalue weighted by Gasteiger charge is 2.33. The molecule has 0 spiro atoms. The van der Waals surface area contributed by atoms with Crippen LogP contribution in [0.1, 0.15) is 44.6 Å². The van der Waals surface area contributed by atoms with Gasteiger partial charge in [-0.2, -0.15) is 5.10 Å². The van der Waals surface area contributed by atoms with Crippen molar-refractivity contribution in [3.05, 3.63) is 45.8 Å². The summed E-state index contributed by atoms with van der Waals surface area (Å²) in [4.78, 5) is 12.8. The number of alkyl halides is 4. The van der Waals surface area contributed by atoms with Gasteiger partial charge in [-0.3, -0.25) is 4.79 Å². The molecular formula is C23H26ClF4N3O4. The fourth-order valence-corrected chi connectivity index (χ4v) is 4.56. The van der Waals surface area contributed by atoms with Crippen LogP contribution in [0.3, 0.4) is 0 Å². The van der Waals surface area contributed by atoms with Crippen molar-refractivity contribution in [1.82, 2.24) is 9.78 Å². The number of rotatable bonds is 7. The van der Waals surface area contributed by atoms with Crippen LogP contribution < -0.4 is 20.3 Å². The van der Waals surface area contributed by atoms with Gasteiger partial charge in [-0.1, -0.05) is 11.6 Å². The molecule has 2 fully saturated rings. The number of hydrogen-bond donors (Lipinski definition) is 1. The number of anilines is 1. The number of benzene rings is 1. The average molecular weight is 520 g/mol. The van der Waals surface area contributed by atoms with E-state index in [1.165, 1.54) is 35.1 Å². The average Bonchev–Trinajstić information content (AvgIpc) is 2.82. The van der Waals surface area contributed by atoms with Crippen LogP contribution in [0.2, 0.25) is 5.02 Å². The van der Waals surface area contributed by atoms with Gasteiger partial charge in [0.2, 0.25) is 0 Å². The van der Waals surface area contributed by atoms with Gasteiger partial charge in [0.15, 0.2) is 5.67 Å². The number of nitrogens with one attached hydrogen (secondary N) is 1. The summed E-state index contributed by atoms with van der Waals surface area (Å²) in [6.45, 7) is 0.517. The molecule has 1 atom stereocenters. The predicted octanol–water partition coefficient (Wildman–Crippen LogP) is 5.29. The summed E-state index contributed by atoms with van der Waals surface area (Å²) >= 11 is 6.27. The number of aromatic nitrogens is 2. The normalized spacial score (nSPS) is 25.2. The summed E-state index contributed by atoms with van der Waals surface area (Å²) in [6, 6.07) is 5.07. The molecule has 0 radical (unpaired) electrons. The molecule has 0 unspecified atom stereocenters. The Bertz CT molecular complexity index is 1050. The Kier molecular flexibility index (Phi) is 7.75. The summed E-state index contributed by atoms with van der Waals surface area (Å²) in [5.74, 6) is 0.119. The minimum absolute atomic E-state index is 0.00109. The van der Waals surface area contributed by atoms with Crippen molar-refractivity contribution in [1.29, 1.82) is 0 Å². The van der Waals surface area contributed by atoms with Crippen molar-refractivity contribution in [2.24, 2.45) is 0 Å². The van der Waals surface area contributed by atoms with Crippen molar-refractivity contribution in [2.45, 2.75) is 62.7 Å². The number of ether oxygens (including phenoxy) is 3. The van der Waals surface area contributed by atoms with E-state index in [1.54, 1.807) is 0 Å². The maximum atomic E-state index is 14.7. The lowest BCUT2D eigenvalue weighted by molar-refractivity contribution is -0.274. The molecule has 35 heavy (non-hydrogen) atoms. The molecule has 1 saturated carbocycles. The van der Waals surface area contributed by atoms with Crippen molar-refractivity contribution >= 4 is 17.3 Å². The second-order valence-corrected chi connectivity index (χ2v) is 9.23. The predicted molar refractivity (Wildman–Crippen MR) is 121 cm³/mol. The van der Waals surface area contributed by atoms with Gasteiger partial charge in [-0.25, -0.2) is 9.07 Å². The van der Waals surface area contributed by atoms with Crippen LogP contribution in [0, 0.1) is 0 Å². The van der Waals surface area contributed by atoms with Crippen molar-refractivity contribution in [3.63, 3.8) is 0 Å². The summed E-state index contributed by atoms with van der Waals surface area (Å²) in [6.07, 6.45) is 0.0271. The van der Waals surface area contributed by atoms with Crippen molar-refractivity contribution in [3.8, 4) is 11.5 Å². The molecule has 1 aliphatic carbocycles. The molecule has 7 nitrogen and oxygen atoms in total. The van der Waals surface area contributed by atoms with E-state index >= 15 is 0 Å². The van der Waals surface area contributed by atoms with E-state index in [-0.39, 0.29) is 41.8 Å². The van der Waals surface area contributed by atoms with E-state index in [9.17, 15) is 22.4 Å². The lowest BCUT2D eigenvalue weighted by Gasteiger charge is -2.30. The molecule has 12 heteroatoms. The van der Waals surface area contributed by atoms with Gasteiger partial charge in [-0.15, -0.1) is 13.2 Å². The molecule has 2 aliphatic rings. The zero-order valence-corrected chi connectivity index (χ0v) is 19.6. The Balaban J connectivity index is 1.31. The number of nitrogens with zero attached hydrogens (tertiary/aromatic N) is 2. The van der Waals surface area contributed by atoms with Gasteiger partial charge in [0, 0.05) is 6.61 Å². The molecule has 1 aromatic heterocycles. The lowest BCUT2D eigenvalue weighted by Crippen LogP contribution is -2.41. The molecule has 2 heterocycles. The zero-order chi connectivity index (χ0) is 25.1. The van der Waals surface area contributed by atoms with Gasteiger partial charge < -0.3 is 19.5 Å². The maximum absolute atomic E-state index is 14.7. The highest BCUT2D eigenvalue weighted by atomic mass is 35.5. The topological polar surface area (TPSA) is 74.6 Å². The standard InChI is InChI=1S/C23H26ClF4N3O4/c24-20-19(29-13-22(25)10-1-11-33-14-22)12-30-31(21(20)32)15-2-4-16(5-3-15)34-17-6-8-18(9-7-17)35-23(26,27)28/h6-9,12,15-16,29H,1-5,10-11,13-14H2/t15-,16-,22-/m0/s1. The Morgan fingerprint density at radius 2 is 1.86 bits per heavy atom. The SMILES string of the molecule is O=c1c(Cl)c(NC[C@@]2(F)CCCOC2)cnn1[C@H]1CC[C@H](Oc2ccc(OC(F)(F)F)cc2)CC1. The third-order valence-electron chi connectivity index (χ3n) is 6.16. The minimum atomic E-state index is -4.75. The third-order valence-corrected chi connectivity index (χ3v) is 6.53. The zero-order valence-electron chi connectivity index (χ0n) is 18.8. The highest BCUT2D eigenvalue weighted by molar-refractivity contribution is 6.32. The first kappa shape index (κ1) is 25.6. The van der Waals surface area contributed by atoms with Crippen LogP contribution >= 0.6 is 11.6 Å². The first-order chi connectivity index (χ1) is 16.6. The summed E-state index contributed by atoms with van der Waals surface area (Å²) < 4.78 is 67.9. The highest BCUT2D eigenvalue weighted by Crippen LogP contribution is 2.32. The molecule has 1 aliphatic heterocycles. The van der Waals surface area contributed by atoms with Crippen LogP contribution in [-0.4, -0.2) is 47.7 Å². The Labute approximate surface area is 204 Å². The Morgan fingerprint density at radius 3 is 2.49 bits per heavy atom. The minimum Gasteiger partial charge on any atom is -0.490 e. The molecule has 4 rings (SSSR count). The van der Waals surface area contributed by atoms with Crippen LogP contribution in [0.5, 0.6) is 11.5 Å². The third kappa shape index (κ3) is 6.78. The maximum Gasteiger partial charge on any atom is 0.573 e. The first-order valence-corrected chi connectivity index (χ1v) is 11.8. The van der Waals surface area contributed by atoms with Crippen molar-refractivity contribution in [2.75, 3.05) is 25.1 Å². The first-order valence-electron chi connectivity index (χ1n) is 11.4.